The molecule has 0 aromatic carbocycles. The number of rotatable bonds is 1. The number of pyridine rings is 1. The van der Waals surface area contributed by atoms with Crippen LogP contribution in [0.4, 0.5) is 0 Å². The molecule has 0 aliphatic carbocycles. The van der Waals surface area contributed by atoms with Crippen molar-refractivity contribution in [3.63, 3.8) is 0 Å². The number of aromatic nitrogens is 1. The van der Waals surface area contributed by atoms with Crippen molar-refractivity contribution < 1.29 is 0 Å². The van der Waals surface area contributed by atoms with Crippen LogP contribution in [0.15, 0.2) is 24.4 Å². The van der Waals surface area contributed by atoms with Gasteiger partial charge in [-0.3, -0.25) is 12.0 Å². The summed E-state index contributed by atoms with van der Waals surface area (Å²) in [5.74, 6) is 0. The van der Waals surface area contributed by atoms with E-state index in [-0.39, 0.29) is 0 Å². The number of piperidine rings is 1. The van der Waals surface area contributed by atoms with Crippen LogP contribution in [-0.4, -0.2) is 16.4 Å². The molecule has 70 valence electrons. The molecule has 0 spiro atoms. The maximum Gasteiger partial charge on any atom is 0.0550 e. The number of likely N-dealkylation sites (tertiary alicyclic amines) is 1. The van der Waals surface area contributed by atoms with E-state index >= 15 is 0 Å². The third kappa shape index (κ3) is 1.89. The van der Waals surface area contributed by atoms with Gasteiger partial charge in [-0.2, -0.15) is 0 Å². The van der Waals surface area contributed by atoms with Gasteiger partial charge in [-0.25, -0.2) is 0 Å². The second kappa shape index (κ2) is 3.88. The summed E-state index contributed by atoms with van der Waals surface area (Å²) in [5.41, 5.74) is 1.16. The van der Waals surface area contributed by atoms with E-state index in [1.54, 1.807) is 0 Å². The minimum atomic E-state index is 0.440. The minimum Gasteiger partial charge on any atom is -0.452 e. The Labute approximate surface area is 79.6 Å². The number of hydrogen-bond donors (Lipinski definition) is 0. The fraction of sp³-hybridized carbons (Fsp3) is 0.455. The van der Waals surface area contributed by atoms with E-state index in [0.29, 0.717) is 6.04 Å². The van der Waals surface area contributed by atoms with E-state index in [4.69, 9.17) is 0 Å². The minimum absolute atomic E-state index is 0.440. The Balaban J connectivity index is 2.15. The molecule has 2 nitrogen and oxygen atoms in total. The molecule has 0 unspecified atom stereocenters. The molecule has 1 atom stereocenters. The normalized spacial score (nSPS) is 24.5. The smallest absolute Gasteiger partial charge is 0.0550 e. The zero-order valence-corrected chi connectivity index (χ0v) is 7.82. The predicted molar refractivity (Wildman–Crippen MR) is 52.9 cm³/mol. The summed E-state index contributed by atoms with van der Waals surface area (Å²) in [6.07, 6.45) is 5.62. The van der Waals surface area contributed by atoms with Gasteiger partial charge >= 0.3 is 0 Å². The topological polar surface area (TPSA) is 16.1 Å². The number of hydrogen-bond acceptors (Lipinski definition) is 2. The molecule has 0 radical (unpaired) electrons. The predicted octanol–water partition coefficient (Wildman–Crippen LogP) is 2.40. The molecular formula is C11H15N2-. The lowest BCUT2D eigenvalue weighted by atomic mass is 10.00. The van der Waals surface area contributed by atoms with Gasteiger partial charge in [0.2, 0.25) is 0 Å². The molecule has 2 heteroatoms. The van der Waals surface area contributed by atoms with Crippen LogP contribution in [0.3, 0.4) is 0 Å². The Kier molecular flexibility index (Phi) is 2.60. The molecule has 1 aromatic rings. The van der Waals surface area contributed by atoms with E-state index in [9.17, 15) is 0 Å². The fourth-order valence-corrected chi connectivity index (χ4v) is 1.90. The summed E-state index contributed by atoms with van der Waals surface area (Å²) >= 11 is 0. The molecule has 1 fully saturated rings. The Hall–Kier alpha value is -0.890. The van der Waals surface area contributed by atoms with E-state index in [1.807, 2.05) is 18.3 Å². The van der Waals surface area contributed by atoms with Crippen molar-refractivity contribution in [2.24, 2.45) is 0 Å². The van der Waals surface area contributed by atoms with Crippen molar-refractivity contribution in [2.45, 2.75) is 25.3 Å². The molecule has 13 heavy (non-hydrogen) atoms. The molecular weight excluding hydrogens is 160 g/mol. The van der Waals surface area contributed by atoms with Crippen molar-refractivity contribution in [3.05, 3.63) is 37.1 Å². The third-order valence-electron chi connectivity index (χ3n) is 2.64. The Bertz CT molecular complexity index is 258. The molecule has 2 rings (SSSR count). The molecule has 1 aliphatic heterocycles. The SMILES string of the molecule is [CH2-]N1CCCC[C@@H]1c1ccccn1. The van der Waals surface area contributed by atoms with Gasteiger partial charge in [0.15, 0.2) is 0 Å². The molecule has 1 aliphatic rings. The van der Waals surface area contributed by atoms with E-state index in [1.165, 1.54) is 19.3 Å². The average molecular weight is 175 g/mol. The first-order chi connectivity index (χ1) is 6.38. The van der Waals surface area contributed by atoms with Crippen molar-refractivity contribution in [1.82, 2.24) is 9.88 Å². The van der Waals surface area contributed by atoms with Gasteiger partial charge in [-0.1, -0.05) is 12.5 Å². The maximum absolute atomic E-state index is 4.37. The van der Waals surface area contributed by atoms with Gasteiger partial charge in [0.05, 0.1) is 5.69 Å². The highest BCUT2D eigenvalue weighted by molar-refractivity contribution is 5.09. The average Bonchev–Trinajstić information content (AvgIpc) is 2.20. The summed E-state index contributed by atoms with van der Waals surface area (Å²) in [5, 5.41) is 0. The second-order valence-electron chi connectivity index (χ2n) is 3.58. The van der Waals surface area contributed by atoms with Gasteiger partial charge in [-0.15, -0.1) is 0 Å². The van der Waals surface area contributed by atoms with Crippen molar-refractivity contribution in [3.8, 4) is 0 Å². The van der Waals surface area contributed by atoms with Gasteiger partial charge in [-0.05, 0) is 31.5 Å². The summed E-state index contributed by atoms with van der Waals surface area (Å²) in [7, 11) is 4.05. The van der Waals surface area contributed by atoms with Crippen LogP contribution in [0, 0.1) is 7.05 Å². The Morgan fingerprint density at radius 2 is 2.31 bits per heavy atom. The van der Waals surface area contributed by atoms with Crippen LogP contribution in [0.1, 0.15) is 31.0 Å². The van der Waals surface area contributed by atoms with Crippen LogP contribution in [0.5, 0.6) is 0 Å². The molecule has 0 N–H and O–H groups in total. The zero-order chi connectivity index (χ0) is 9.10. The van der Waals surface area contributed by atoms with Crippen LogP contribution < -0.4 is 0 Å². The molecule has 1 aromatic heterocycles. The van der Waals surface area contributed by atoms with Crippen LogP contribution >= 0.6 is 0 Å². The van der Waals surface area contributed by atoms with Crippen molar-refractivity contribution in [1.29, 1.82) is 0 Å². The molecule has 1 saturated heterocycles. The molecule has 0 amide bonds. The van der Waals surface area contributed by atoms with Gasteiger partial charge < -0.3 is 4.90 Å². The highest BCUT2D eigenvalue weighted by Gasteiger charge is 2.16. The lowest BCUT2D eigenvalue weighted by Gasteiger charge is -2.38. The number of nitrogens with zero attached hydrogens (tertiary/aromatic N) is 2. The van der Waals surface area contributed by atoms with E-state index < -0.39 is 0 Å². The van der Waals surface area contributed by atoms with E-state index in [2.05, 4.69) is 23.0 Å². The highest BCUT2D eigenvalue weighted by atomic mass is 15.1. The van der Waals surface area contributed by atoms with Crippen LogP contribution in [0.25, 0.3) is 0 Å². The molecule has 0 saturated carbocycles. The standard InChI is InChI=1S/C11H15N2/c1-13-9-5-3-7-11(13)10-6-2-4-8-12-10/h2,4,6,8,11H,1,3,5,7,9H2/q-1/t11-/m1/s1. The largest absolute Gasteiger partial charge is 0.452 e. The van der Waals surface area contributed by atoms with Crippen molar-refractivity contribution >= 4 is 0 Å². The van der Waals surface area contributed by atoms with Gasteiger partial charge in [0.25, 0.3) is 0 Å². The van der Waals surface area contributed by atoms with Crippen LogP contribution in [-0.2, 0) is 0 Å². The van der Waals surface area contributed by atoms with Crippen molar-refractivity contribution in [2.75, 3.05) is 6.54 Å². The lowest BCUT2D eigenvalue weighted by molar-refractivity contribution is 0.207. The Morgan fingerprint density at radius 3 is 3.00 bits per heavy atom. The second-order valence-corrected chi connectivity index (χ2v) is 3.58. The third-order valence-corrected chi connectivity index (χ3v) is 2.64. The molecule has 0 bridgehead atoms. The summed E-state index contributed by atoms with van der Waals surface area (Å²) < 4.78 is 0. The van der Waals surface area contributed by atoms with Gasteiger partial charge in [0, 0.05) is 12.2 Å². The zero-order valence-electron chi connectivity index (χ0n) is 7.82. The first-order valence-electron chi connectivity index (χ1n) is 4.86. The fourth-order valence-electron chi connectivity index (χ4n) is 1.90. The first kappa shape index (κ1) is 8.70. The first-order valence-corrected chi connectivity index (χ1v) is 4.86. The van der Waals surface area contributed by atoms with Crippen LogP contribution in [0.2, 0.25) is 0 Å². The summed E-state index contributed by atoms with van der Waals surface area (Å²) in [6.45, 7) is 1.10. The summed E-state index contributed by atoms with van der Waals surface area (Å²) in [6, 6.07) is 6.54. The monoisotopic (exact) mass is 175 g/mol. The van der Waals surface area contributed by atoms with E-state index in [0.717, 1.165) is 12.2 Å². The quantitative estimate of drug-likeness (QED) is 0.609. The van der Waals surface area contributed by atoms with Gasteiger partial charge in [0.1, 0.15) is 0 Å². The molecule has 2 heterocycles. The summed E-state index contributed by atoms with van der Waals surface area (Å²) in [4.78, 5) is 6.53. The highest BCUT2D eigenvalue weighted by Crippen LogP contribution is 2.28. The maximum atomic E-state index is 4.37. The lowest BCUT2D eigenvalue weighted by Crippen LogP contribution is -2.28. The Morgan fingerprint density at radius 1 is 1.38 bits per heavy atom.